The van der Waals surface area contributed by atoms with Crippen molar-refractivity contribution in [3.05, 3.63) is 46.3 Å². The standard InChI is InChI=1S/C12H15N3O/c1-10(2)16-12-7-5-11(6-8-12)4-3-9-14-15-13/h3-8,10H,9H2,1-2H3. The van der Waals surface area contributed by atoms with Crippen LogP contribution in [0.5, 0.6) is 5.75 Å². The fraction of sp³-hybridized carbons (Fsp3) is 0.333. The van der Waals surface area contributed by atoms with Crippen LogP contribution in [0.1, 0.15) is 19.4 Å². The quantitative estimate of drug-likeness (QED) is 0.420. The second kappa shape index (κ2) is 6.53. The lowest BCUT2D eigenvalue weighted by molar-refractivity contribution is 0.242. The summed E-state index contributed by atoms with van der Waals surface area (Å²) in [5.41, 5.74) is 9.15. The van der Waals surface area contributed by atoms with Crippen LogP contribution in [0.25, 0.3) is 16.5 Å². The predicted octanol–water partition coefficient (Wildman–Crippen LogP) is 3.80. The topological polar surface area (TPSA) is 58.0 Å². The maximum Gasteiger partial charge on any atom is 0.119 e. The van der Waals surface area contributed by atoms with Gasteiger partial charge in [-0.25, -0.2) is 0 Å². The van der Waals surface area contributed by atoms with E-state index in [2.05, 4.69) is 10.0 Å². The molecule has 0 aliphatic rings. The molecule has 4 heteroatoms. The van der Waals surface area contributed by atoms with E-state index in [0.29, 0.717) is 6.54 Å². The smallest absolute Gasteiger partial charge is 0.119 e. The second-order valence-electron chi connectivity index (χ2n) is 3.55. The number of ether oxygens (including phenoxy) is 1. The SMILES string of the molecule is CC(C)Oc1ccc(C=CCN=[N+]=[N-])cc1. The Hall–Kier alpha value is -1.93. The number of rotatable bonds is 5. The molecule has 0 aromatic heterocycles. The van der Waals surface area contributed by atoms with Gasteiger partial charge in [0.1, 0.15) is 5.75 Å². The highest BCUT2D eigenvalue weighted by atomic mass is 16.5. The summed E-state index contributed by atoms with van der Waals surface area (Å²) >= 11 is 0. The zero-order valence-electron chi connectivity index (χ0n) is 9.50. The summed E-state index contributed by atoms with van der Waals surface area (Å²) in [6.45, 7) is 4.36. The summed E-state index contributed by atoms with van der Waals surface area (Å²) in [5.74, 6) is 0.863. The first-order chi connectivity index (χ1) is 7.72. The summed E-state index contributed by atoms with van der Waals surface area (Å²) < 4.78 is 5.52. The van der Waals surface area contributed by atoms with Crippen molar-refractivity contribution in [3.8, 4) is 5.75 Å². The van der Waals surface area contributed by atoms with Crippen LogP contribution in [-0.2, 0) is 0 Å². The van der Waals surface area contributed by atoms with E-state index in [1.165, 1.54) is 0 Å². The highest BCUT2D eigenvalue weighted by molar-refractivity contribution is 5.50. The Balaban J connectivity index is 2.57. The van der Waals surface area contributed by atoms with Gasteiger partial charge in [-0.15, -0.1) is 0 Å². The van der Waals surface area contributed by atoms with Gasteiger partial charge in [-0.1, -0.05) is 29.4 Å². The average molecular weight is 217 g/mol. The molecule has 0 unspecified atom stereocenters. The molecule has 0 aliphatic heterocycles. The van der Waals surface area contributed by atoms with Crippen LogP contribution < -0.4 is 4.74 Å². The highest BCUT2D eigenvalue weighted by Gasteiger charge is 1.95. The minimum Gasteiger partial charge on any atom is -0.491 e. The van der Waals surface area contributed by atoms with E-state index in [1.807, 2.05) is 50.3 Å². The molecule has 0 radical (unpaired) electrons. The fourth-order valence-corrected chi connectivity index (χ4v) is 1.20. The van der Waals surface area contributed by atoms with Gasteiger partial charge < -0.3 is 4.74 Å². The Kier molecular flexibility index (Phi) is 4.96. The number of azide groups is 1. The van der Waals surface area contributed by atoms with Gasteiger partial charge in [0.15, 0.2) is 0 Å². The van der Waals surface area contributed by atoms with Crippen molar-refractivity contribution in [1.82, 2.24) is 0 Å². The van der Waals surface area contributed by atoms with E-state index in [1.54, 1.807) is 0 Å². The van der Waals surface area contributed by atoms with Crippen LogP contribution in [0.4, 0.5) is 0 Å². The maximum atomic E-state index is 8.09. The zero-order valence-corrected chi connectivity index (χ0v) is 9.50. The number of nitrogens with zero attached hydrogens (tertiary/aromatic N) is 3. The first kappa shape index (κ1) is 12.1. The molecule has 0 saturated carbocycles. The van der Waals surface area contributed by atoms with Gasteiger partial charge in [0.2, 0.25) is 0 Å². The third-order valence-corrected chi connectivity index (χ3v) is 1.81. The van der Waals surface area contributed by atoms with E-state index < -0.39 is 0 Å². The summed E-state index contributed by atoms with van der Waals surface area (Å²) in [6.07, 6.45) is 3.91. The molecule has 1 aromatic rings. The van der Waals surface area contributed by atoms with E-state index in [-0.39, 0.29) is 6.10 Å². The molecule has 84 valence electrons. The summed E-state index contributed by atoms with van der Waals surface area (Å²) in [4.78, 5) is 2.67. The van der Waals surface area contributed by atoms with E-state index >= 15 is 0 Å². The lowest BCUT2D eigenvalue weighted by Gasteiger charge is -2.09. The molecular formula is C12H15N3O. The Bertz CT molecular complexity index is 389. The minimum absolute atomic E-state index is 0.186. The molecule has 0 aliphatic carbocycles. The van der Waals surface area contributed by atoms with Crippen LogP contribution in [-0.4, -0.2) is 12.6 Å². The molecule has 1 aromatic carbocycles. The fourth-order valence-electron chi connectivity index (χ4n) is 1.20. The molecule has 0 amide bonds. The molecule has 0 N–H and O–H groups in total. The lowest BCUT2D eigenvalue weighted by Crippen LogP contribution is -2.05. The van der Waals surface area contributed by atoms with Gasteiger partial charge in [0.05, 0.1) is 6.10 Å². The second-order valence-corrected chi connectivity index (χ2v) is 3.55. The molecule has 16 heavy (non-hydrogen) atoms. The van der Waals surface area contributed by atoms with Crippen molar-refractivity contribution in [2.75, 3.05) is 6.54 Å². The van der Waals surface area contributed by atoms with E-state index in [0.717, 1.165) is 11.3 Å². The van der Waals surface area contributed by atoms with Gasteiger partial charge in [0.25, 0.3) is 0 Å². The summed E-state index contributed by atoms with van der Waals surface area (Å²) in [7, 11) is 0. The molecule has 0 spiro atoms. The number of benzene rings is 1. The highest BCUT2D eigenvalue weighted by Crippen LogP contribution is 2.14. The molecule has 4 nitrogen and oxygen atoms in total. The predicted molar refractivity (Wildman–Crippen MR) is 65.3 cm³/mol. The van der Waals surface area contributed by atoms with Crippen LogP contribution in [0.15, 0.2) is 35.5 Å². The molecule has 0 saturated heterocycles. The first-order valence-electron chi connectivity index (χ1n) is 5.16. The average Bonchev–Trinajstić information content (AvgIpc) is 2.26. The van der Waals surface area contributed by atoms with Crippen LogP contribution >= 0.6 is 0 Å². The Morgan fingerprint density at radius 2 is 2.06 bits per heavy atom. The van der Waals surface area contributed by atoms with Crippen LogP contribution in [0.2, 0.25) is 0 Å². The Labute approximate surface area is 95.2 Å². The van der Waals surface area contributed by atoms with Crippen molar-refractivity contribution < 1.29 is 4.74 Å². The van der Waals surface area contributed by atoms with Crippen LogP contribution in [0.3, 0.4) is 0 Å². The maximum absolute atomic E-state index is 8.09. The molecular weight excluding hydrogens is 202 g/mol. The van der Waals surface area contributed by atoms with Crippen molar-refractivity contribution >= 4 is 6.08 Å². The Morgan fingerprint density at radius 1 is 1.38 bits per heavy atom. The van der Waals surface area contributed by atoms with Gasteiger partial charge in [-0.05, 0) is 37.1 Å². The monoisotopic (exact) mass is 217 g/mol. The van der Waals surface area contributed by atoms with Crippen molar-refractivity contribution in [3.63, 3.8) is 0 Å². The normalized spacial score (nSPS) is 10.4. The minimum atomic E-state index is 0.186. The van der Waals surface area contributed by atoms with Gasteiger partial charge >= 0.3 is 0 Å². The third kappa shape index (κ3) is 4.53. The summed E-state index contributed by atoms with van der Waals surface area (Å²) in [6, 6.07) is 7.77. The third-order valence-electron chi connectivity index (χ3n) is 1.81. The van der Waals surface area contributed by atoms with E-state index in [4.69, 9.17) is 10.3 Å². The van der Waals surface area contributed by atoms with Crippen molar-refractivity contribution in [2.24, 2.45) is 5.11 Å². The Morgan fingerprint density at radius 3 is 2.62 bits per heavy atom. The van der Waals surface area contributed by atoms with E-state index in [9.17, 15) is 0 Å². The molecule has 0 bridgehead atoms. The van der Waals surface area contributed by atoms with Gasteiger partial charge in [-0.3, -0.25) is 0 Å². The van der Waals surface area contributed by atoms with Crippen LogP contribution in [0, 0.1) is 0 Å². The number of hydrogen-bond donors (Lipinski definition) is 0. The molecule has 0 fully saturated rings. The van der Waals surface area contributed by atoms with Gasteiger partial charge in [0, 0.05) is 11.5 Å². The van der Waals surface area contributed by atoms with Gasteiger partial charge in [-0.2, -0.15) is 0 Å². The first-order valence-corrected chi connectivity index (χ1v) is 5.16. The lowest BCUT2D eigenvalue weighted by atomic mass is 10.2. The van der Waals surface area contributed by atoms with Crippen molar-refractivity contribution in [1.29, 1.82) is 0 Å². The largest absolute Gasteiger partial charge is 0.491 e. The molecule has 1 rings (SSSR count). The summed E-state index contributed by atoms with van der Waals surface area (Å²) in [5, 5.41) is 3.41. The zero-order chi connectivity index (χ0) is 11.8. The van der Waals surface area contributed by atoms with Crippen molar-refractivity contribution in [2.45, 2.75) is 20.0 Å². The molecule has 0 atom stereocenters. The molecule has 0 heterocycles. The number of hydrogen-bond acceptors (Lipinski definition) is 2.